The molecule has 54 valence electrons. The van der Waals surface area contributed by atoms with Crippen LogP contribution in [0.3, 0.4) is 0 Å². The van der Waals surface area contributed by atoms with Gasteiger partial charge in [-0.1, -0.05) is 32.6 Å². The minimum atomic E-state index is 0. The first-order valence-corrected chi connectivity index (χ1v) is 3.10. The van der Waals surface area contributed by atoms with Gasteiger partial charge in [-0.05, 0) is 0 Å². The second-order valence-corrected chi connectivity index (χ2v) is 2.18. The molecule has 0 saturated heterocycles. The standard InChI is InChI=1S/C7H15.Cu/c1-4-6-7(3)5-2;/h7H,2,4-6H2,1,3H3;/q-1;+1. The first kappa shape index (κ1) is 11.3. The third-order valence-electron chi connectivity index (χ3n) is 1.27. The summed E-state index contributed by atoms with van der Waals surface area (Å²) in [6.07, 6.45) is 3.73. The minimum Gasteiger partial charge on any atom is -0.343 e. The van der Waals surface area contributed by atoms with Gasteiger partial charge in [0, 0.05) is 0 Å². The molecular formula is C7H15Cu. The molecule has 0 aromatic heterocycles. The van der Waals surface area contributed by atoms with Gasteiger partial charge in [0.1, 0.15) is 0 Å². The maximum absolute atomic E-state index is 3.80. The van der Waals surface area contributed by atoms with Gasteiger partial charge in [-0.25, -0.2) is 0 Å². The molecule has 0 aromatic carbocycles. The molecule has 0 spiro atoms. The Morgan fingerprint density at radius 1 is 1.50 bits per heavy atom. The van der Waals surface area contributed by atoms with Crippen LogP contribution in [0.25, 0.3) is 0 Å². The fraction of sp³-hybridized carbons (Fsp3) is 0.857. The van der Waals surface area contributed by atoms with Crippen LogP contribution in [0.2, 0.25) is 0 Å². The Morgan fingerprint density at radius 2 is 2.00 bits per heavy atom. The molecule has 1 unspecified atom stereocenters. The van der Waals surface area contributed by atoms with Gasteiger partial charge in [0.05, 0.1) is 0 Å². The zero-order valence-electron chi connectivity index (χ0n) is 5.71. The van der Waals surface area contributed by atoms with Crippen molar-refractivity contribution in [2.24, 2.45) is 5.92 Å². The maximum atomic E-state index is 3.80. The first-order chi connectivity index (χ1) is 3.31. The van der Waals surface area contributed by atoms with Crippen LogP contribution in [0, 0.1) is 12.8 Å². The molecule has 0 aliphatic heterocycles. The molecule has 0 aliphatic carbocycles. The second kappa shape index (κ2) is 7.52. The van der Waals surface area contributed by atoms with Crippen LogP contribution in [0.15, 0.2) is 0 Å². The van der Waals surface area contributed by atoms with Gasteiger partial charge in [0.2, 0.25) is 0 Å². The molecule has 1 atom stereocenters. The molecule has 0 bridgehead atoms. The maximum Gasteiger partial charge on any atom is 1.00 e. The van der Waals surface area contributed by atoms with Crippen LogP contribution in [0.4, 0.5) is 0 Å². The molecule has 0 heterocycles. The zero-order chi connectivity index (χ0) is 5.70. The van der Waals surface area contributed by atoms with Crippen molar-refractivity contribution >= 4 is 0 Å². The molecule has 1 heteroatoms. The molecule has 0 radical (unpaired) electrons. The Kier molecular flexibility index (Phi) is 10.7. The summed E-state index contributed by atoms with van der Waals surface area (Å²) in [5.41, 5.74) is 0. The van der Waals surface area contributed by atoms with Gasteiger partial charge in [-0.15, -0.1) is 0 Å². The summed E-state index contributed by atoms with van der Waals surface area (Å²) in [7, 11) is 0. The second-order valence-electron chi connectivity index (χ2n) is 2.18. The third-order valence-corrected chi connectivity index (χ3v) is 1.27. The predicted molar refractivity (Wildman–Crippen MR) is 34.0 cm³/mol. The third kappa shape index (κ3) is 6.52. The predicted octanol–water partition coefficient (Wildman–Crippen LogP) is 2.64. The van der Waals surface area contributed by atoms with Crippen LogP contribution in [-0.4, -0.2) is 0 Å². The largest absolute Gasteiger partial charge is 1.00 e. The Bertz CT molecular complexity index is 35.4. The van der Waals surface area contributed by atoms with Crippen molar-refractivity contribution in [2.45, 2.75) is 33.1 Å². The van der Waals surface area contributed by atoms with Crippen LogP contribution in [-0.2, 0) is 17.1 Å². The van der Waals surface area contributed by atoms with Gasteiger partial charge in [-0.3, -0.25) is 0 Å². The monoisotopic (exact) mass is 162 g/mol. The van der Waals surface area contributed by atoms with Crippen molar-refractivity contribution in [3.8, 4) is 0 Å². The van der Waals surface area contributed by atoms with Gasteiger partial charge in [0.25, 0.3) is 0 Å². The molecule has 0 aromatic rings. The summed E-state index contributed by atoms with van der Waals surface area (Å²) in [5, 5.41) is 0. The number of hydrogen-bond acceptors (Lipinski definition) is 0. The SMILES string of the molecule is [CH2-]CC(C)CCC.[Cu+]. The summed E-state index contributed by atoms with van der Waals surface area (Å²) >= 11 is 0. The van der Waals surface area contributed by atoms with E-state index in [1.807, 2.05) is 0 Å². The van der Waals surface area contributed by atoms with Crippen molar-refractivity contribution in [3.05, 3.63) is 6.92 Å². The Hall–Kier alpha value is 0.519. The van der Waals surface area contributed by atoms with Crippen molar-refractivity contribution in [1.82, 2.24) is 0 Å². The van der Waals surface area contributed by atoms with Crippen LogP contribution in [0.5, 0.6) is 0 Å². The van der Waals surface area contributed by atoms with Crippen molar-refractivity contribution in [1.29, 1.82) is 0 Å². The molecule has 0 amide bonds. The van der Waals surface area contributed by atoms with E-state index >= 15 is 0 Å². The minimum absolute atomic E-state index is 0. The van der Waals surface area contributed by atoms with E-state index in [4.69, 9.17) is 0 Å². The first-order valence-electron chi connectivity index (χ1n) is 3.10. The molecule has 0 nitrogen and oxygen atoms in total. The molecule has 0 aliphatic rings. The smallest absolute Gasteiger partial charge is 0.343 e. The Labute approximate surface area is 63.5 Å². The molecule has 0 saturated carbocycles. The van der Waals surface area contributed by atoms with Gasteiger partial charge in [-0.2, -0.15) is 6.42 Å². The van der Waals surface area contributed by atoms with E-state index in [0.717, 1.165) is 12.3 Å². The van der Waals surface area contributed by atoms with E-state index in [1.54, 1.807) is 0 Å². The molecule has 0 rings (SSSR count). The summed E-state index contributed by atoms with van der Waals surface area (Å²) in [6.45, 7) is 8.27. The average Bonchev–Trinajstić information content (AvgIpc) is 1.68. The van der Waals surface area contributed by atoms with Crippen molar-refractivity contribution in [2.75, 3.05) is 0 Å². The topological polar surface area (TPSA) is 0 Å². The van der Waals surface area contributed by atoms with Gasteiger partial charge in [0.15, 0.2) is 0 Å². The van der Waals surface area contributed by atoms with E-state index in [2.05, 4.69) is 20.8 Å². The Morgan fingerprint density at radius 3 is 2.12 bits per heavy atom. The quantitative estimate of drug-likeness (QED) is 0.442. The summed E-state index contributed by atoms with van der Waals surface area (Å²) in [5.74, 6) is 0.838. The summed E-state index contributed by atoms with van der Waals surface area (Å²) < 4.78 is 0. The summed E-state index contributed by atoms with van der Waals surface area (Å²) in [6, 6.07) is 0. The van der Waals surface area contributed by atoms with Crippen LogP contribution < -0.4 is 0 Å². The van der Waals surface area contributed by atoms with Crippen molar-refractivity contribution in [3.63, 3.8) is 0 Å². The average molecular weight is 163 g/mol. The van der Waals surface area contributed by atoms with E-state index in [-0.39, 0.29) is 17.1 Å². The molecular weight excluding hydrogens is 148 g/mol. The molecule has 0 fully saturated rings. The number of rotatable bonds is 3. The van der Waals surface area contributed by atoms with Crippen LogP contribution in [0.1, 0.15) is 33.1 Å². The normalized spacial score (nSPS) is 12.4. The zero-order valence-corrected chi connectivity index (χ0v) is 6.65. The molecule has 8 heavy (non-hydrogen) atoms. The van der Waals surface area contributed by atoms with Gasteiger partial charge >= 0.3 is 17.1 Å². The fourth-order valence-electron chi connectivity index (χ4n) is 0.637. The molecule has 0 N–H and O–H groups in total. The van der Waals surface area contributed by atoms with Crippen LogP contribution >= 0.6 is 0 Å². The Balaban J connectivity index is 0. The number of hydrogen-bond donors (Lipinski definition) is 0. The van der Waals surface area contributed by atoms with E-state index in [9.17, 15) is 0 Å². The van der Waals surface area contributed by atoms with E-state index in [1.165, 1.54) is 12.8 Å². The van der Waals surface area contributed by atoms with E-state index < -0.39 is 0 Å². The summed E-state index contributed by atoms with van der Waals surface area (Å²) in [4.78, 5) is 0. The van der Waals surface area contributed by atoms with E-state index in [0.29, 0.717) is 0 Å². The van der Waals surface area contributed by atoms with Crippen molar-refractivity contribution < 1.29 is 17.1 Å². The fourth-order valence-corrected chi connectivity index (χ4v) is 0.637. The van der Waals surface area contributed by atoms with Gasteiger partial charge < -0.3 is 6.92 Å².